The van der Waals surface area contributed by atoms with E-state index in [1.807, 2.05) is 18.2 Å². The smallest absolute Gasteiger partial charge is 0.220 e. The molecule has 1 N–H and O–H groups in total. The van der Waals surface area contributed by atoms with Crippen molar-refractivity contribution >= 4 is 0 Å². The third kappa shape index (κ3) is 3.96. The van der Waals surface area contributed by atoms with Crippen molar-refractivity contribution in [1.82, 2.24) is 15.5 Å². The molecule has 0 fully saturated rings. The number of nitrogens with one attached hydrogen (secondary N) is 1. The first kappa shape index (κ1) is 12.8. The van der Waals surface area contributed by atoms with Crippen molar-refractivity contribution in [1.29, 1.82) is 0 Å². The summed E-state index contributed by atoms with van der Waals surface area (Å²) in [4.78, 5) is 0. The summed E-state index contributed by atoms with van der Waals surface area (Å²) in [7, 11) is 0. The van der Waals surface area contributed by atoms with Crippen LogP contribution in [0.2, 0.25) is 0 Å². The second-order valence-corrected chi connectivity index (χ2v) is 4.21. The number of hydrogen-bond donors (Lipinski definition) is 1. The van der Waals surface area contributed by atoms with Gasteiger partial charge in [-0.05, 0) is 25.1 Å². The summed E-state index contributed by atoms with van der Waals surface area (Å²) in [5, 5.41) is 11.4. The first-order valence-electron chi connectivity index (χ1n) is 6.44. The van der Waals surface area contributed by atoms with Crippen molar-refractivity contribution in [2.75, 3.05) is 13.1 Å². The van der Waals surface area contributed by atoms with Gasteiger partial charge in [-0.1, -0.05) is 37.3 Å². The van der Waals surface area contributed by atoms with Crippen molar-refractivity contribution in [2.24, 2.45) is 0 Å². The zero-order chi connectivity index (χ0) is 12.6. The van der Waals surface area contributed by atoms with Gasteiger partial charge in [-0.2, -0.15) is 0 Å². The van der Waals surface area contributed by atoms with E-state index in [4.69, 9.17) is 4.42 Å². The van der Waals surface area contributed by atoms with E-state index in [2.05, 4.69) is 34.6 Å². The fourth-order valence-electron chi connectivity index (χ4n) is 1.77. The van der Waals surface area contributed by atoms with Crippen LogP contribution in [0.15, 0.2) is 34.7 Å². The lowest BCUT2D eigenvalue weighted by atomic mass is 10.2. The van der Waals surface area contributed by atoms with E-state index in [0.717, 1.165) is 31.8 Å². The van der Waals surface area contributed by atoms with E-state index < -0.39 is 0 Å². The zero-order valence-corrected chi connectivity index (χ0v) is 10.7. The van der Waals surface area contributed by atoms with Gasteiger partial charge in [0.1, 0.15) is 0 Å². The minimum absolute atomic E-state index is 0.694. The number of hydrogen-bond acceptors (Lipinski definition) is 4. The van der Waals surface area contributed by atoms with Crippen LogP contribution in [0.3, 0.4) is 0 Å². The highest BCUT2D eigenvalue weighted by molar-refractivity contribution is 5.17. The molecule has 1 aromatic heterocycles. The maximum absolute atomic E-state index is 5.62. The molecule has 0 atom stereocenters. The van der Waals surface area contributed by atoms with Crippen LogP contribution in [0.25, 0.3) is 0 Å². The van der Waals surface area contributed by atoms with Crippen LogP contribution in [0.4, 0.5) is 0 Å². The van der Waals surface area contributed by atoms with Crippen molar-refractivity contribution in [3.8, 4) is 0 Å². The lowest BCUT2D eigenvalue weighted by molar-refractivity contribution is 0.449. The Morgan fingerprint density at radius 2 is 1.89 bits per heavy atom. The van der Waals surface area contributed by atoms with Crippen LogP contribution in [0, 0.1) is 0 Å². The molecule has 2 rings (SSSR count). The topological polar surface area (TPSA) is 51.0 Å². The molecule has 2 aromatic rings. The van der Waals surface area contributed by atoms with Crippen LogP contribution >= 0.6 is 0 Å². The Morgan fingerprint density at radius 3 is 2.67 bits per heavy atom. The minimum atomic E-state index is 0.694. The molecule has 0 aliphatic carbocycles. The standard InChI is InChI=1S/C14H19N3O/c1-2-15-10-6-9-13-16-17-14(18-13)11-12-7-4-3-5-8-12/h3-5,7-8,15H,2,6,9-11H2,1H3. The van der Waals surface area contributed by atoms with Gasteiger partial charge in [0.2, 0.25) is 11.8 Å². The average molecular weight is 245 g/mol. The highest BCUT2D eigenvalue weighted by Crippen LogP contribution is 2.09. The van der Waals surface area contributed by atoms with Crippen LogP contribution < -0.4 is 5.32 Å². The van der Waals surface area contributed by atoms with Crippen molar-refractivity contribution < 1.29 is 4.42 Å². The molecule has 0 amide bonds. The highest BCUT2D eigenvalue weighted by atomic mass is 16.4. The van der Waals surface area contributed by atoms with Gasteiger partial charge in [0, 0.05) is 6.42 Å². The Kier molecular flexibility index (Phi) is 4.90. The summed E-state index contributed by atoms with van der Waals surface area (Å²) in [5.41, 5.74) is 1.19. The number of rotatable bonds is 7. The SMILES string of the molecule is CCNCCCc1nnc(Cc2ccccc2)o1. The fraction of sp³-hybridized carbons (Fsp3) is 0.429. The summed E-state index contributed by atoms with van der Waals surface area (Å²) in [6.45, 7) is 4.10. The zero-order valence-electron chi connectivity index (χ0n) is 10.7. The van der Waals surface area contributed by atoms with Gasteiger partial charge in [-0.15, -0.1) is 10.2 Å². The molecule has 4 heteroatoms. The molecule has 0 aliphatic rings. The molecule has 0 bridgehead atoms. The largest absolute Gasteiger partial charge is 0.425 e. The molecule has 0 spiro atoms. The van der Waals surface area contributed by atoms with Crippen LogP contribution in [-0.2, 0) is 12.8 Å². The van der Waals surface area contributed by atoms with E-state index in [-0.39, 0.29) is 0 Å². The van der Waals surface area contributed by atoms with Gasteiger partial charge in [0.25, 0.3) is 0 Å². The first-order valence-corrected chi connectivity index (χ1v) is 6.44. The summed E-state index contributed by atoms with van der Waals surface area (Å²) >= 11 is 0. The van der Waals surface area contributed by atoms with Crippen LogP contribution in [0.5, 0.6) is 0 Å². The Bertz CT molecular complexity index is 453. The summed E-state index contributed by atoms with van der Waals surface area (Å²) in [6.07, 6.45) is 2.58. The second kappa shape index (κ2) is 6.91. The van der Waals surface area contributed by atoms with E-state index in [0.29, 0.717) is 12.3 Å². The van der Waals surface area contributed by atoms with Crippen LogP contribution in [0.1, 0.15) is 30.7 Å². The molecule has 1 heterocycles. The third-order valence-electron chi connectivity index (χ3n) is 2.70. The van der Waals surface area contributed by atoms with Crippen molar-refractivity contribution in [2.45, 2.75) is 26.2 Å². The molecule has 18 heavy (non-hydrogen) atoms. The lowest BCUT2D eigenvalue weighted by Gasteiger charge is -1.98. The van der Waals surface area contributed by atoms with Crippen molar-refractivity contribution in [3.05, 3.63) is 47.7 Å². The first-order chi connectivity index (χ1) is 8.88. The van der Waals surface area contributed by atoms with E-state index in [1.165, 1.54) is 5.56 Å². The number of nitrogens with zero attached hydrogens (tertiary/aromatic N) is 2. The van der Waals surface area contributed by atoms with Crippen LogP contribution in [-0.4, -0.2) is 23.3 Å². The Labute approximate surface area is 107 Å². The molecule has 4 nitrogen and oxygen atoms in total. The molecule has 1 aromatic carbocycles. The van der Waals surface area contributed by atoms with Gasteiger partial charge in [-0.3, -0.25) is 0 Å². The number of benzene rings is 1. The van der Waals surface area contributed by atoms with Gasteiger partial charge < -0.3 is 9.73 Å². The lowest BCUT2D eigenvalue weighted by Crippen LogP contribution is -2.14. The maximum Gasteiger partial charge on any atom is 0.220 e. The normalized spacial score (nSPS) is 10.7. The van der Waals surface area contributed by atoms with Gasteiger partial charge >= 0.3 is 0 Å². The molecule has 96 valence electrons. The Balaban J connectivity index is 1.83. The van der Waals surface area contributed by atoms with Gasteiger partial charge in [0.05, 0.1) is 6.42 Å². The summed E-state index contributed by atoms with van der Waals surface area (Å²) in [6, 6.07) is 10.2. The maximum atomic E-state index is 5.62. The Morgan fingerprint density at radius 1 is 1.11 bits per heavy atom. The van der Waals surface area contributed by atoms with E-state index in [9.17, 15) is 0 Å². The molecular formula is C14H19N3O. The predicted octanol–water partition coefficient (Wildman–Crippen LogP) is 2.20. The quantitative estimate of drug-likeness (QED) is 0.760. The minimum Gasteiger partial charge on any atom is -0.425 e. The molecule has 0 aliphatic heterocycles. The molecule has 0 radical (unpaired) electrons. The van der Waals surface area contributed by atoms with Crippen molar-refractivity contribution in [3.63, 3.8) is 0 Å². The fourth-order valence-corrected chi connectivity index (χ4v) is 1.77. The average Bonchev–Trinajstić information content (AvgIpc) is 2.84. The van der Waals surface area contributed by atoms with E-state index >= 15 is 0 Å². The Hall–Kier alpha value is -1.68. The molecule has 0 saturated heterocycles. The van der Waals surface area contributed by atoms with E-state index in [1.54, 1.807) is 0 Å². The highest BCUT2D eigenvalue weighted by Gasteiger charge is 2.06. The molecular weight excluding hydrogens is 226 g/mol. The third-order valence-corrected chi connectivity index (χ3v) is 2.70. The monoisotopic (exact) mass is 245 g/mol. The predicted molar refractivity (Wildman–Crippen MR) is 70.4 cm³/mol. The second-order valence-electron chi connectivity index (χ2n) is 4.21. The molecule has 0 unspecified atom stereocenters. The summed E-state index contributed by atoms with van der Waals surface area (Å²) in [5.74, 6) is 1.43. The summed E-state index contributed by atoms with van der Waals surface area (Å²) < 4.78 is 5.62. The van der Waals surface area contributed by atoms with Gasteiger partial charge in [-0.25, -0.2) is 0 Å². The molecule has 0 saturated carbocycles. The number of aromatic nitrogens is 2. The number of aryl methyl sites for hydroxylation is 1. The van der Waals surface area contributed by atoms with Gasteiger partial charge in [0.15, 0.2) is 0 Å².